The Hall–Kier alpha value is -0.620. The predicted octanol–water partition coefficient (Wildman–Crippen LogP) is 3.45. The molecule has 0 spiro atoms. The van der Waals surface area contributed by atoms with Gasteiger partial charge in [0.25, 0.3) is 0 Å². The first-order valence-electron chi connectivity index (χ1n) is 4.21. The molecule has 2 rings (SSSR count). The lowest BCUT2D eigenvalue weighted by Gasteiger charge is -2.04. The van der Waals surface area contributed by atoms with Gasteiger partial charge in [-0.2, -0.15) is 0 Å². The first-order valence-corrected chi connectivity index (χ1v) is 5.70. The Balaban J connectivity index is 2.60. The topological polar surface area (TPSA) is 20.7 Å². The van der Waals surface area contributed by atoms with E-state index in [1.54, 1.807) is 0 Å². The van der Waals surface area contributed by atoms with Crippen LogP contribution in [0.5, 0.6) is 0 Å². The molecule has 0 fully saturated rings. The molecule has 1 heterocycles. The van der Waals surface area contributed by atoms with Gasteiger partial charge in [-0.15, -0.1) is 0 Å². The lowest BCUT2D eigenvalue weighted by atomic mass is 10.3. The number of nitrogens with zero attached hydrogens (tertiary/aromatic N) is 1. The highest BCUT2D eigenvalue weighted by molar-refractivity contribution is 14.1. The number of aryl methyl sites for hydroxylation is 1. The van der Waals surface area contributed by atoms with Crippen molar-refractivity contribution in [3.8, 4) is 5.69 Å². The number of nitrogens with one attached hydrogen (secondary N) is 1. The molecule has 0 bridgehead atoms. The van der Waals surface area contributed by atoms with Crippen molar-refractivity contribution >= 4 is 34.8 Å². The minimum absolute atomic E-state index is 0.740. The summed E-state index contributed by atoms with van der Waals surface area (Å²) in [7, 11) is 0. The number of rotatable bonds is 1. The molecule has 1 aromatic carbocycles. The molecule has 2 nitrogen and oxygen atoms in total. The highest BCUT2D eigenvalue weighted by atomic mass is 127. The molecule has 0 aliphatic heterocycles. The fourth-order valence-electron chi connectivity index (χ4n) is 1.37. The second kappa shape index (κ2) is 3.86. The van der Waals surface area contributed by atoms with E-state index in [-0.39, 0.29) is 0 Å². The number of benzene rings is 1. The van der Waals surface area contributed by atoms with Crippen LogP contribution in [0.1, 0.15) is 5.69 Å². The van der Waals surface area contributed by atoms with Crippen molar-refractivity contribution in [1.29, 1.82) is 0 Å². The molecule has 0 amide bonds. The largest absolute Gasteiger partial charge is 0.337 e. The molecule has 72 valence electrons. The molecule has 0 aliphatic carbocycles. The predicted molar refractivity (Wildman–Crippen MR) is 68.4 cm³/mol. The SMILES string of the molecule is Cc1c[nH]c(=S)n1-c1ccc(I)cc1. The summed E-state index contributed by atoms with van der Waals surface area (Å²) in [6.07, 6.45) is 1.92. The van der Waals surface area contributed by atoms with Crippen molar-refractivity contribution in [2.24, 2.45) is 0 Å². The Morgan fingerprint density at radius 1 is 1.29 bits per heavy atom. The van der Waals surface area contributed by atoms with Crippen LogP contribution in [0.3, 0.4) is 0 Å². The zero-order valence-corrected chi connectivity index (χ0v) is 10.6. The van der Waals surface area contributed by atoms with Crippen LogP contribution in [0.4, 0.5) is 0 Å². The van der Waals surface area contributed by atoms with E-state index in [1.165, 1.54) is 3.57 Å². The van der Waals surface area contributed by atoms with Crippen LogP contribution in [0.2, 0.25) is 0 Å². The molecule has 0 saturated carbocycles. The lowest BCUT2D eigenvalue weighted by molar-refractivity contribution is 0.984. The Morgan fingerprint density at radius 2 is 1.93 bits per heavy atom. The Morgan fingerprint density at radius 3 is 2.43 bits per heavy atom. The number of halogens is 1. The van der Waals surface area contributed by atoms with E-state index in [9.17, 15) is 0 Å². The highest BCUT2D eigenvalue weighted by Gasteiger charge is 2.01. The van der Waals surface area contributed by atoms with Crippen molar-refractivity contribution in [1.82, 2.24) is 9.55 Å². The van der Waals surface area contributed by atoms with E-state index < -0.39 is 0 Å². The van der Waals surface area contributed by atoms with E-state index in [4.69, 9.17) is 12.2 Å². The summed E-state index contributed by atoms with van der Waals surface area (Å²) in [6.45, 7) is 2.03. The zero-order chi connectivity index (χ0) is 10.1. The van der Waals surface area contributed by atoms with Gasteiger partial charge in [0.05, 0.1) is 0 Å². The standard InChI is InChI=1S/C10H9IN2S/c1-7-6-12-10(14)13(7)9-4-2-8(11)3-5-9/h2-6H,1H3,(H,12,14). The number of hydrogen-bond acceptors (Lipinski definition) is 1. The summed E-state index contributed by atoms with van der Waals surface area (Å²) < 4.78 is 3.99. The average Bonchev–Trinajstić information content (AvgIpc) is 2.49. The maximum Gasteiger partial charge on any atom is 0.182 e. The minimum atomic E-state index is 0.740. The Kier molecular flexibility index (Phi) is 2.73. The van der Waals surface area contributed by atoms with Gasteiger partial charge in [-0.25, -0.2) is 0 Å². The third-order valence-electron chi connectivity index (χ3n) is 2.05. The smallest absolute Gasteiger partial charge is 0.182 e. The summed E-state index contributed by atoms with van der Waals surface area (Å²) in [5.74, 6) is 0. The van der Waals surface area contributed by atoms with Crippen LogP contribution in [-0.2, 0) is 0 Å². The second-order valence-corrected chi connectivity index (χ2v) is 4.68. The van der Waals surface area contributed by atoms with Gasteiger partial charge < -0.3 is 4.98 Å². The number of imidazole rings is 1. The molecule has 0 unspecified atom stereocenters. The fourth-order valence-corrected chi connectivity index (χ4v) is 2.03. The summed E-state index contributed by atoms with van der Waals surface area (Å²) in [4.78, 5) is 3.03. The number of H-pyrrole nitrogens is 1. The summed E-state index contributed by atoms with van der Waals surface area (Å²) in [5, 5.41) is 0. The third kappa shape index (κ3) is 1.76. The summed E-state index contributed by atoms with van der Waals surface area (Å²) in [5.41, 5.74) is 2.23. The molecule has 0 radical (unpaired) electrons. The molecular formula is C10H9IN2S. The molecule has 0 atom stereocenters. The molecule has 0 saturated heterocycles. The molecule has 1 N–H and O–H groups in total. The van der Waals surface area contributed by atoms with Gasteiger partial charge in [-0.05, 0) is 66.0 Å². The van der Waals surface area contributed by atoms with E-state index >= 15 is 0 Å². The van der Waals surface area contributed by atoms with Crippen LogP contribution in [0.15, 0.2) is 30.5 Å². The third-order valence-corrected chi connectivity index (χ3v) is 3.06. The van der Waals surface area contributed by atoms with Crippen LogP contribution in [-0.4, -0.2) is 9.55 Å². The minimum Gasteiger partial charge on any atom is -0.337 e. The summed E-state index contributed by atoms with van der Waals surface area (Å²) in [6, 6.07) is 8.28. The monoisotopic (exact) mass is 316 g/mol. The normalized spacial score (nSPS) is 10.4. The van der Waals surface area contributed by atoms with Crippen molar-refractivity contribution < 1.29 is 0 Å². The highest BCUT2D eigenvalue weighted by Crippen LogP contribution is 2.14. The maximum atomic E-state index is 5.19. The molecule has 2 aromatic rings. The van der Waals surface area contributed by atoms with Gasteiger partial charge in [-0.3, -0.25) is 4.57 Å². The van der Waals surface area contributed by atoms with Gasteiger partial charge in [0, 0.05) is 21.1 Å². The van der Waals surface area contributed by atoms with Gasteiger partial charge in [0.15, 0.2) is 4.77 Å². The van der Waals surface area contributed by atoms with E-state index in [0.29, 0.717) is 0 Å². The van der Waals surface area contributed by atoms with Crippen molar-refractivity contribution in [2.75, 3.05) is 0 Å². The van der Waals surface area contributed by atoms with E-state index in [0.717, 1.165) is 16.2 Å². The van der Waals surface area contributed by atoms with Crippen molar-refractivity contribution in [2.45, 2.75) is 6.92 Å². The first-order chi connectivity index (χ1) is 6.68. The molecule has 14 heavy (non-hydrogen) atoms. The number of aromatic amines is 1. The first kappa shape index (κ1) is 9.92. The van der Waals surface area contributed by atoms with Crippen LogP contribution < -0.4 is 0 Å². The van der Waals surface area contributed by atoms with Gasteiger partial charge in [0.1, 0.15) is 0 Å². The van der Waals surface area contributed by atoms with Gasteiger partial charge in [0.2, 0.25) is 0 Å². The van der Waals surface area contributed by atoms with E-state index in [2.05, 4.69) is 51.8 Å². The molecule has 1 aromatic heterocycles. The quantitative estimate of drug-likeness (QED) is 0.631. The fraction of sp³-hybridized carbons (Fsp3) is 0.100. The summed E-state index contributed by atoms with van der Waals surface area (Å²) >= 11 is 7.48. The van der Waals surface area contributed by atoms with Crippen LogP contribution >= 0.6 is 34.8 Å². The van der Waals surface area contributed by atoms with Crippen molar-refractivity contribution in [3.63, 3.8) is 0 Å². The molecule has 0 aliphatic rings. The van der Waals surface area contributed by atoms with E-state index in [1.807, 2.05) is 17.7 Å². The Bertz CT molecular complexity index is 496. The lowest BCUT2D eigenvalue weighted by Crippen LogP contribution is -1.95. The van der Waals surface area contributed by atoms with Crippen molar-refractivity contribution in [3.05, 3.63) is 44.5 Å². The maximum absolute atomic E-state index is 5.19. The zero-order valence-electron chi connectivity index (χ0n) is 7.62. The second-order valence-electron chi connectivity index (χ2n) is 3.05. The molecule has 4 heteroatoms. The van der Waals surface area contributed by atoms with Crippen LogP contribution in [0, 0.1) is 15.3 Å². The van der Waals surface area contributed by atoms with Gasteiger partial charge in [-0.1, -0.05) is 0 Å². The molecular weight excluding hydrogens is 307 g/mol. The average molecular weight is 316 g/mol. The number of hydrogen-bond donors (Lipinski definition) is 1. The van der Waals surface area contributed by atoms with Gasteiger partial charge >= 0.3 is 0 Å². The Labute approximate surface area is 101 Å². The number of aromatic nitrogens is 2. The van der Waals surface area contributed by atoms with Crippen LogP contribution in [0.25, 0.3) is 5.69 Å².